The van der Waals surface area contributed by atoms with Gasteiger partial charge in [0.05, 0.1) is 5.75 Å². The van der Waals surface area contributed by atoms with Crippen molar-refractivity contribution in [1.29, 1.82) is 0 Å². The van der Waals surface area contributed by atoms with Gasteiger partial charge in [-0.15, -0.1) is 0 Å². The zero-order valence-corrected chi connectivity index (χ0v) is 15.7. The topological polar surface area (TPSA) is 108 Å². The highest BCUT2D eigenvalue weighted by Gasteiger charge is 2.30. The number of hydrogen-bond donors (Lipinski definition) is 4. The zero-order valence-electron chi connectivity index (χ0n) is 14.8. The monoisotopic (exact) mass is 397 g/mol. The molecule has 0 bridgehead atoms. The summed E-state index contributed by atoms with van der Waals surface area (Å²) in [5.41, 5.74) is 13.5. The maximum atomic E-state index is 12.3. The van der Waals surface area contributed by atoms with Gasteiger partial charge in [0.25, 0.3) is 11.1 Å². The van der Waals surface area contributed by atoms with Crippen LogP contribution >= 0.6 is 11.8 Å². The van der Waals surface area contributed by atoms with Gasteiger partial charge >= 0.3 is 0 Å². The molecule has 9 heteroatoms. The molecule has 2 aromatic carbocycles. The molecule has 4 rings (SSSR count). The van der Waals surface area contributed by atoms with Gasteiger partial charge in [-0.3, -0.25) is 20.4 Å². The lowest BCUT2D eigenvalue weighted by Crippen LogP contribution is -2.50. The van der Waals surface area contributed by atoms with Gasteiger partial charge in [0.2, 0.25) is 5.91 Å². The minimum atomic E-state index is -0.435. The number of oxazole rings is 1. The average molecular weight is 397 g/mol. The lowest BCUT2D eigenvalue weighted by atomic mass is 10.0. The van der Waals surface area contributed by atoms with Gasteiger partial charge in [-0.2, -0.15) is 0 Å². The number of benzene rings is 2. The van der Waals surface area contributed by atoms with E-state index >= 15 is 0 Å². The van der Waals surface area contributed by atoms with E-state index in [1.54, 1.807) is 0 Å². The number of carbonyl (C=O) groups is 2. The van der Waals surface area contributed by atoms with Crippen molar-refractivity contribution in [2.45, 2.75) is 23.7 Å². The third-order valence-electron chi connectivity index (χ3n) is 4.35. The van der Waals surface area contributed by atoms with Crippen molar-refractivity contribution in [2.24, 2.45) is 0 Å². The van der Waals surface area contributed by atoms with E-state index < -0.39 is 6.04 Å². The van der Waals surface area contributed by atoms with E-state index in [1.165, 1.54) is 11.8 Å². The van der Waals surface area contributed by atoms with Crippen LogP contribution in [0.2, 0.25) is 0 Å². The first-order valence-corrected chi connectivity index (χ1v) is 9.80. The minimum absolute atomic E-state index is 0.0439. The van der Waals surface area contributed by atoms with Crippen molar-refractivity contribution in [3.05, 3.63) is 60.2 Å². The average Bonchev–Trinajstić information content (AvgIpc) is 3.38. The number of para-hydroxylation sites is 2. The largest absolute Gasteiger partial charge is 0.431 e. The molecule has 2 amide bonds. The second kappa shape index (κ2) is 8.42. The van der Waals surface area contributed by atoms with Crippen LogP contribution in [0.4, 0.5) is 0 Å². The molecule has 0 saturated carbocycles. The summed E-state index contributed by atoms with van der Waals surface area (Å²) in [6.45, 7) is 0. The van der Waals surface area contributed by atoms with Crippen LogP contribution < -0.4 is 21.7 Å². The maximum Gasteiger partial charge on any atom is 0.257 e. The first-order valence-electron chi connectivity index (χ1n) is 8.82. The summed E-state index contributed by atoms with van der Waals surface area (Å²) in [4.78, 5) is 28.5. The standard InChI is InChI=1S/C19H19N5O3S/c25-17(11-28-19-20-13-8-4-5-9-16(13)27-19)23-24-18(26)15-10-14(21-22-15)12-6-2-1-3-7-12/h1-9,14-15,21-22H,10-11H2,(H,23,25)(H,24,26). The Morgan fingerprint density at radius 3 is 2.68 bits per heavy atom. The normalized spacial score (nSPS) is 18.9. The van der Waals surface area contributed by atoms with E-state index in [1.807, 2.05) is 54.6 Å². The number of amides is 2. The first kappa shape index (κ1) is 18.5. The summed E-state index contributed by atoms with van der Waals surface area (Å²) in [6.07, 6.45) is 0.587. The minimum Gasteiger partial charge on any atom is -0.431 e. The van der Waals surface area contributed by atoms with E-state index in [2.05, 4.69) is 26.7 Å². The predicted octanol–water partition coefficient (Wildman–Crippen LogP) is 1.68. The summed E-state index contributed by atoms with van der Waals surface area (Å²) in [7, 11) is 0. The third-order valence-corrected chi connectivity index (χ3v) is 5.18. The number of carbonyl (C=O) groups excluding carboxylic acids is 2. The van der Waals surface area contributed by atoms with Crippen LogP contribution in [0.5, 0.6) is 0 Å². The van der Waals surface area contributed by atoms with Crippen LogP contribution in [0.3, 0.4) is 0 Å². The second-order valence-electron chi connectivity index (χ2n) is 6.31. The molecule has 4 N–H and O–H groups in total. The van der Waals surface area contributed by atoms with Crippen LogP contribution in [0.25, 0.3) is 11.1 Å². The molecule has 1 saturated heterocycles. The Balaban J connectivity index is 1.22. The Morgan fingerprint density at radius 2 is 1.86 bits per heavy atom. The van der Waals surface area contributed by atoms with Crippen LogP contribution in [0.15, 0.2) is 64.2 Å². The van der Waals surface area contributed by atoms with Gasteiger partial charge < -0.3 is 4.42 Å². The molecule has 1 aliphatic rings. The fourth-order valence-corrected chi connectivity index (χ4v) is 3.57. The number of fused-ring (bicyclic) bond motifs is 1. The van der Waals surface area contributed by atoms with Crippen molar-refractivity contribution in [1.82, 2.24) is 26.7 Å². The molecule has 3 aromatic rings. The van der Waals surface area contributed by atoms with Gasteiger partial charge in [0, 0.05) is 6.04 Å². The van der Waals surface area contributed by atoms with Crippen LogP contribution in [-0.4, -0.2) is 28.6 Å². The highest BCUT2D eigenvalue weighted by molar-refractivity contribution is 7.99. The van der Waals surface area contributed by atoms with E-state index in [9.17, 15) is 9.59 Å². The van der Waals surface area contributed by atoms with Crippen LogP contribution in [0.1, 0.15) is 18.0 Å². The van der Waals surface area contributed by atoms with Crippen molar-refractivity contribution >= 4 is 34.7 Å². The molecular formula is C19H19N5O3S. The van der Waals surface area contributed by atoms with Crippen molar-refractivity contribution in [2.75, 3.05) is 5.75 Å². The third kappa shape index (κ3) is 4.33. The van der Waals surface area contributed by atoms with Gasteiger partial charge in [0.1, 0.15) is 11.6 Å². The second-order valence-corrected chi connectivity index (χ2v) is 7.24. The Kier molecular flexibility index (Phi) is 5.56. The number of thioether (sulfide) groups is 1. The maximum absolute atomic E-state index is 12.3. The van der Waals surface area contributed by atoms with E-state index in [0.717, 1.165) is 11.1 Å². The predicted molar refractivity (Wildman–Crippen MR) is 105 cm³/mol. The number of hydrogen-bond acceptors (Lipinski definition) is 7. The SMILES string of the molecule is O=C(CSc1nc2ccccc2o1)NNC(=O)C1CC(c2ccccc2)NN1. The Bertz CT molecular complexity index is 945. The lowest BCUT2D eigenvalue weighted by molar-refractivity contribution is -0.128. The van der Waals surface area contributed by atoms with Crippen LogP contribution in [0, 0.1) is 0 Å². The number of rotatable bonds is 5. The smallest absolute Gasteiger partial charge is 0.257 e. The van der Waals surface area contributed by atoms with Gasteiger partial charge in [-0.1, -0.05) is 54.2 Å². The lowest BCUT2D eigenvalue weighted by Gasteiger charge is -2.11. The molecule has 0 aliphatic carbocycles. The molecular weight excluding hydrogens is 378 g/mol. The fraction of sp³-hybridized carbons (Fsp3) is 0.211. The molecule has 1 aliphatic heterocycles. The van der Waals surface area contributed by atoms with Crippen molar-refractivity contribution < 1.29 is 14.0 Å². The highest BCUT2D eigenvalue weighted by Crippen LogP contribution is 2.23. The highest BCUT2D eigenvalue weighted by atomic mass is 32.2. The molecule has 0 spiro atoms. The van der Waals surface area contributed by atoms with Gasteiger partial charge in [-0.05, 0) is 24.1 Å². The number of nitrogens with zero attached hydrogens (tertiary/aromatic N) is 1. The summed E-state index contributed by atoms with van der Waals surface area (Å²) >= 11 is 1.17. The molecule has 2 heterocycles. The molecule has 2 unspecified atom stereocenters. The number of nitrogens with one attached hydrogen (secondary N) is 4. The summed E-state index contributed by atoms with van der Waals surface area (Å²) in [6, 6.07) is 16.9. The van der Waals surface area contributed by atoms with Crippen molar-refractivity contribution in [3.63, 3.8) is 0 Å². The first-order chi connectivity index (χ1) is 13.7. The molecule has 1 aromatic heterocycles. The molecule has 144 valence electrons. The van der Waals surface area contributed by atoms with E-state index in [0.29, 0.717) is 17.2 Å². The number of hydrazine groups is 2. The van der Waals surface area contributed by atoms with E-state index in [4.69, 9.17) is 4.42 Å². The summed E-state index contributed by atoms with van der Waals surface area (Å²) < 4.78 is 5.55. The summed E-state index contributed by atoms with van der Waals surface area (Å²) in [5.74, 6) is -0.562. The van der Waals surface area contributed by atoms with Gasteiger partial charge in [-0.25, -0.2) is 15.8 Å². The molecule has 2 atom stereocenters. The Morgan fingerprint density at radius 1 is 1.07 bits per heavy atom. The Labute approximate surface area is 165 Å². The summed E-state index contributed by atoms with van der Waals surface area (Å²) in [5, 5.41) is 0.412. The quantitative estimate of drug-likeness (QED) is 0.383. The van der Waals surface area contributed by atoms with Crippen molar-refractivity contribution in [3.8, 4) is 0 Å². The fourth-order valence-electron chi connectivity index (χ4n) is 2.93. The molecule has 8 nitrogen and oxygen atoms in total. The zero-order chi connectivity index (χ0) is 19.3. The molecule has 28 heavy (non-hydrogen) atoms. The van der Waals surface area contributed by atoms with Gasteiger partial charge in [0.15, 0.2) is 5.58 Å². The Hall–Kier alpha value is -2.88. The number of aromatic nitrogens is 1. The molecule has 1 fully saturated rings. The van der Waals surface area contributed by atoms with E-state index in [-0.39, 0.29) is 23.6 Å². The molecule has 0 radical (unpaired) electrons. The van der Waals surface area contributed by atoms with Crippen LogP contribution in [-0.2, 0) is 9.59 Å².